The Labute approximate surface area is 171 Å². The van der Waals surface area contributed by atoms with Crippen LogP contribution in [0.5, 0.6) is 0 Å². The van der Waals surface area contributed by atoms with E-state index in [1.807, 2.05) is 67.5 Å². The number of carbonyl (C=O) groups is 1. The van der Waals surface area contributed by atoms with Crippen LogP contribution in [0.1, 0.15) is 92.7 Å². The zero-order valence-corrected chi connectivity index (χ0v) is 19.3. The summed E-state index contributed by atoms with van der Waals surface area (Å²) < 4.78 is 5.57. The van der Waals surface area contributed by atoms with E-state index in [0.717, 1.165) is 5.56 Å². The Morgan fingerprint density at radius 1 is 1.00 bits per heavy atom. The van der Waals surface area contributed by atoms with Crippen LogP contribution in [0.4, 0.5) is 4.79 Å². The highest BCUT2D eigenvalue weighted by atomic mass is 17.2. The first-order chi connectivity index (χ1) is 12.6. The molecule has 0 aliphatic rings. The normalized spacial score (nSPS) is 14.1. The Hall–Kier alpha value is -1.59. The van der Waals surface area contributed by atoms with Crippen molar-refractivity contribution < 1.29 is 19.3 Å². The number of ether oxygens (including phenoxy) is 1. The number of nitrogens with one attached hydrogen (secondary N) is 1. The highest BCUT2D eigenvalue weighted by Crippen LogP contribution is 2.25. The first kappa shape index (κ1) is 24.4. The van der Waals surface area contributed by atoms with Crippen LogP contribution >= 0.6 is 0 Å². The molecule has 0 saturated carbocycles. The molecule has 1 aromatic rings. The van der Waals surface area contributed by atoms with Gasteiger partial charge in [-0.05, 0) is 72.4 Å². The lowest BCUT2D eigenvalue weighted by molar-refractivity contribution is -0.399. The van der Waals surface area contributed by atoms with Crippen LogP contribution in [0.25, 0.3) is 0 Å². The molecule has 1 aromatic carbocycles. The molecule has 5 heteroatoms. The monoisotopic (exact) mass is 393 g/mol. The van der Waals surface area contributed by atoms with Gasteiger partial charge in [-0.3, -0.25) is 0 Å². The van der Waals surface area contributed by atoms with Gasteiger partial charge < -0.3 is 10.1 Å². The maximum Gasteiger partial charge on any atom is 0.408 e. The second-order valence-corrected chi connectivity index (χ2v) is 9.99. The summed E-state index contributed by atoms with van der Waals surface area (Å²) >= 11 is 0. The Morgan fingerprint density at radius 2 is 1.61 bits per heavy atom. The number of alkyl carbamates (subject to hydrolysis) is 1. The Bertz CT molecular complexity index is 644. The molecule has 0 saturated heterocycles. The van der Waals surface area contributed by atoms with Crippen molar-refractivity contribution in [2.24, 2.45) is 0 Å². The van der Waals surface area contributed by atoms with Crippen LogP contribution in [0.15, 0.2) is 24.3 Å². The fraction of sp³-hybridized carbons (Fsp3) is 0.696. The van der Waals surface area contributed by atoms with E-state index >= 15 is 0 Å². The molecular formula is C23H39NO4. The Balaban J connectivity index is 2.66. The van der Waals surface area contributed by atoms with Gasteiger partial charge in [-0.25, -0.2) is 14.6 Å². The van der Waals surface area contributed by atoms with E-state index in [-0.39, 0.29) is 6.10 Å². The molecule has 1 N–H and O–H groups in total. The summed E-state index contributed by atoms with van der Waals surface area (Å²) in [5.41, 5.74) is 0.780. The summed E-state index contributed by atoms with van der Waals surface area (Å²) in [7, 11) is 0. The third-order valence-electron chi connectivity index (χ3n) is 4.29. The van der Waals surface area contributed by atoms with Crippen LogP contribution in [-0.2, 0) is 20.1 Å². The standard InChI is InChI=1S/C23H39NO4/c1-16(2)18-12-11-13-19(14-18)23(9,10)24-20(25)26-17(3)15-22(7,8)28-27-21(4,5)6/h11-14,16-17H,15H2,1-10H3,(H,24,25). The zero-order chi connectivity index (χ0) is 21.8. The molecule has 0 spiro atoms. The molecule has 1 atom stereocenters. The maximum atomic E-state index is 12.5. The lowest BCUT2D eigenvalue weighted by atomic mass is 9.90. The van der Waals surface area contributed by atoms with Crippen LogP contribution in [0.3, 0.4) is 0 Å². The second-order valence-electron chi connectivity index (χ2n) is 9.99. The smallest absolute Gasteiger partial charge is 0.408 e. The molecule has 0 fully saturated rings. The molecule has 0 radical (unpaired) electrons. The van der Waals surface area contributed by atoms with E-state index in [0.29, 0.717) is 12.3 Å². The summed E-state index contributed by atoms with van der Waals surface area (Å²) in [5, 5.41) is 2.98. The van der Waals surface area contributed by atoms with Crippen molar-refractivity contribution in [1.29, 1.82) is 0 Å². The first-order valence-electron chi connectivity index (χ1n) is 10.1. The number of benzene rings is 1. The third kappa shape index (κ3) is 8.61. The molecule has 0 bridgehead atoms. The topological polar surface area (TPSA) is 56.8 Å². The van der Waals surface area contributed by atoms with E-state index in [4.69, 9.17) is 14.5 Å². The number of hydrogen-bond donors (Lipinski definition) is 1. The predicted octanol–water partition coefficient (Wildman–Crippen LogP) is 6.08. The lowest BCUT2D eigenvalue weighted by Gasteiger charge is -2.31. The van der Waals surface area contributed by atoms with Crippen molar-refractivity contribution in [2.75, 3.05) is 0 Å². The van der Waals surface area contributed by atoms with Gasteiger partial charge in [0.2, 0.25) is 0 Å². The van der Waals surface area contributed by atoms with Crippen LogP contribution in [-0.4, -0.2) is 23.4 Å². The SMILES string of the molecule is CC(CC(C)(C)OOC(C)(C)C)OC(=O)NC(C)(C)c1cccc(C(C)C)c1. The van der Waals surface area contributed by atoms with E-state index in [2.05, 4.69) is 31.3 Å². The summed E-state index contributed by atoms with van der Waals surface area (Å²) in [6.07, 6.45) is -0.254. The van der Waals surface area contributed by atoms with Crippen molar-refractivity contribution in [1.82, 2.24) is 5.32 Å². The molecule has 0 aliphatic carbocycles. The van der Waals surface area contributed by atoms with Gasteiger partial charge in [-0.15, -0.1) is 0 Å². The van der Waals surface area contributed by atoms with Crippen molar-refractivity contribution in [3.05, 3.63) is 35.4 Å². The average Bonchev–Trinajstić information content (AvgIpc) is 2.51. The summed E-state index contributed by atoms with van der Waals surface area (Å²) in [5.74, 6) is 0.431. The molecule has 5 nitrogen and oxygen atoms in total. The van der Waals surface area contributed by atoms with E-state index in [1.165, 1.54) is 5.56 Å². The molecule has 1 rings (SSSR count). The average molecular weight is 394 g/mol. The van der Waals surface area contributed by atoms with Gasteiger partial charge in [0.25, 0.3) is 0 Å². The molecule has 0 aromatic heterocycles. The summed E-state index contributed by atoms with van der Waals surface area (Å²) in [6.45, 7) is 19.7. The van der Waals surface area contributed by atoms with Crippen molar-refractivity contribution in [3.8, 4) is 0 Å². The molecule has 1 unspecified atom stereocenters. The highest BCUT2D eigenvalue weighted by molar-refractivity contribution is 5.68. The van der Waals surface area contributed by atoms with Crippen LogP contribution < -0.4 is 5.32 Å². The fourth-order valence-corrected chi connectivity index (χ4v) is 2.83. The quantitative estimate of drug-likeness (QED) is 0.430. The third-order valence-corrected chi connectivity index (χ3v) is 4.29. The fourth-order valence-electron chi connectivity index (χ4n) is 2.83. The Kier molecular flexibility index (Phi) is 8.10. The van der Waals surface area contributed by atoms with Gasteiger partial charge in [0.05, 0.1) is 11.1 Å². The second kappa shape index (κ2) is 9.27. The van der Waals surface area contributed by atoms with Crippen LogP contribution in [0, 0.1) is 0 Å². The predicted molar refractivity (Wildman–Crippen MR) is 113 cm³/mol. The van der Waals surface area contributed by atoms with Gasteiger partial charge in [0.15, 0.2) is 0 Å². The maximum absolute atomic E-state index is 12.5. The highest BCUT2D eigenvalue weighted by Gasteiger charge is 2.29. The molecular weight excluding hydrogens is 354 g/mol. The van der Waals surface area contributed by atoms with E-state index < -0.39 is 22.8 Å². The minimum atomic E-state index is -0.575. The summed E-state index contributed by atoms with van der Waals surface area (Å²) in [4.78, 5) is 23.4. The molecule has 0 aliphatic heterocycles. The number of amides is 1. The van der Waals surface area contributed by atoms with Gasteiger partial charge in [0, 0.05) is 6.42 Å². The number of carbonyl (C=O) groups excluding carboxylic acids is 1. The molecule has 160 valence electrons. The van der Waals surface area contributed by atoms with Crippen molar-refractivity contribution in [2.45, 2.75) is 104 Å². The van der Waals surface area contributed by atoms with Gasteiger partial charge in [-0.2, -0.15) is 0 Å². The minimum Gasteiger partial charge on any atom is -0.446 e. The number of rotatable bonds is 8. The zero-order valence-electron chi connectivity index (χ0n) is 19.3. The molecule has 1 amide bonds. The van der Waals surface area contributed by atoms with Crippen molar-refractivity contribution in [3.63, 3.8) is 0 Å². The lowest BCUT2D eigenvalue weighted by Crippen LogP contribution is -2.43. The number of hydrogen-bond acceptors (Lipinski definition) is 4. The summed E-state index contributed by atoms with van der Waals surface area (Å²) in [6, 6.07) is 8.29. The first-order valence-corrected chi connectivity index (χ1v) is 10.1. The molecule has 0 heterocycles. The minimum absolute atomic E-state index is 0.323. The molecule has 28 heavy (non-hydrogen) atoms. The van der Waals surface area contributed by atoms with E-state index in [9.17, 15) is 4.79 Å². The van der Waals surface area contributed by atoms with Gasteiger partial charge in [-0.1, -0.05) is 38.1 Å². The van der Waals surface area contributed by atoms with E-state index in [1.54, 1.807) is 0 Å². The largest absolute Gasteiger partial charge is 0.446 e. The van der Waals surface area contributed by atoms with Crippen LogP contribution in [0.2, 0.25) is 0 Å². The van der Waals surface area contributed by atoms with Crippen molar-refractivity contribution >= 4 is 6.09 Å². The Morgan fingerprint density at radius 3 is 2.14 bits per heavy atom. The van der Waals surface area contributed by atoms with Gasteiger partial charge >= 0.3 is 6.09 Å². The van der Waals surface area contributed by atoms with Gasteiger partial charge in [0.1, 0.15) is 11.7 Å².